The molecule has 0 saturated heterocycles. The summed E-state index contributed by atoms with van der Waals surface area (Å²) in [6, 6.07) is 6.13. The lowest BCUT2D eigenvalue weighted by atomic mass is 10.1. The van der Waals surface area contributed by atoms with Crippen molar-refractivity contribution in [2.45, 2.75) is 19.8 Å². The molecule has 0 amide bonds. The van der Waals surface area contributed by atoms with Crippen LogP contribution < -0.4 is 4.74 Å². The van der Waals surface area contributed by atoms with Gasteiger partial charge < -0.3 is 4.74 Å². The third-order valence-electron chi connectivity index (χ3n) is 2.46. The van der Waals surface area contributed by atoms with Gasteiger partial charge in [-0.1, -0.05) is 23.8 Å². The van der Waals surface area contributed by atoms with Gasteiger partial charge in [0.15, 0.2) is 0 Å². The quantitative estimate of drug-likeness (QED) is 0.700. The van der Waals surface area contributed by atoms with Gasteiger partial charge in [-0.3, -0.25) is 0 Å². The maximum Gasteiger partial charge on any atom is 0.127 e. The van der Waals surface area contributed by atoms with E-state index >= 15 is 0 Å². The molecule has 1 aromatic carbocycles. The van der Waals surface area contributed by atoms with Crippen LogP contribution in [0.5, 0.6) is 5.75 Å². The van der Waals surface area contributed by atoms with Gasteiger partial charge in [-0.15, -0.1) is 0 Å². The highest BCUT2D eigenvalue weighted by molar-refractivity contribution is 7.79. The first-order valence-corrected chi connectivity index (χ1v) is 5.45. The minimum Gasteiger partial charge on any atom is -0.493 e. The van der Waals surface area contributed by atoms with Gasteiger partial charge in [0.2, 0.25) is 0 Å². The summed E-state index contributed by atoms with van der Waals surface area (Å²) in [4.78, 5) is 0. The first-order chi connectivity index (χ1) is 6.79. The average Bonchev–Trinajstić information content (AvgIpc) is 2.99. The summed E-state index contributed by atoms with van der Waals surface area (Å²) in [6.07, 6.45) is 2.64. The van der Waals surface area contributed by atoms with Crippen LogP contribution in [0.25, 0.3) is 0 Å². The first kappa shape index (κ1) is 9.66. The number of ether oxygens (including phenoxy) is 1. The van der Waals surface area contributed by atoms with Crippen molar-refractivity contribution in [2.24, 2.45) is 5.92 Å². The van der Waals surface area contributed by atoms with E-state index in [4.69, 9.17) is 17.0 Å². The summed E-state index contributed by atoms with van der Waals surface area (Å²) >= 11 is 4.96. The Hall–Kier alpha value is -0.890. The summed E-state index contributed by atoms with van der Waals surface area (Å²) in [5.74, 6) is 1.71. The lowest BCUT2D eigenvalue weighted by molar-refractivity contribution is 0.299. The van der Waals surface area contributed by atoms with E-state index in [0.29, 0.717) is 0 Å². The van der Waals surface area contributed by atoms with E-state index in [1.807, 2.05) is 6.07 Å². The minimum atomic E-state index is 0.786. The fraction of sp³-hybridized carbons (Fsp3) is 0.417. The molecule has 0 heterocycles. The summed E-state index contributed by atoms with van der Waals surface area (Å²) in [7, 11) is 0. The average molecular weight is 206 g/mol. The molecule has 1 aromatic rings. The van der Waals surface area contributed by atoms with Crippen LogP contribution in [0.2, 0.25) is 0 Å². The van der Waals surface area contributed by atoms with Crippen molar-refractivity contribution in [1.29, 1.82) is 0 Å². The second-order valence-corrected chi connectivity index (χ2v) is 4.15. The SMILES string of the molecule is Cc1ccc(OCC2CC2)c(C=S)c1. The second-order valence-electron chi connectivity index (χ2n) is 3.91. The van der Waals surface area contributed by atoms with Crippen LogP contribution in [0, 0.1) is 12.8 Å². The zero-order valence-corrected chi connectivity index (χ0v) is 9.14. The van der Waals surface area contributed by atoms with Crippen LogP contribution in [0.1, 0.15) is 24.0 Å². The third kappa shape index (κ3) is 2.32. The Morgan fingerprint density at radius 3 is 2.93 bits per heavy atom. The van der Waals surface area contributed by atoms with E-state index in [9.17, 15) is 0 Å². The van der Waals surface area contributed by atoms with Crippen LogP contribution in [0.3, 0.4) is 0 Å². The fourth-order valence-electron chi connectivity index (χ4n) is 1.38. The van der Waals surface area contributed by atoms with Crippen molar-refractivity contribution in [2.75, 3.05) is 6.61 Å². The van der Waals surface area contributed by atoms with E-state index in [-0.39, 0.29) is 0 Å². The van der Waals surface area contributed by atoms with Gasteiger partial charge in [0.05, 0.1) is 6.61 Å². The van der Waals surface area contributed by atoms with Crippen molar-refractivity contribution in [3.63, 3.8) is 0 Å². The fourth-order valence-corrected chi connectivity index (χ4v) is 1.57. The number of benzene rings is 1. The molecule has 0 atom stereocenters. The van der Waals surface area contributed by atoms with Crippen molar-refractivity contribution in [3.8, 4) is 5.75 Å². The van der Waals surface area contributed by atoms with Crippen LogP contribution in [-0.4, -0.2) is 12.0 Å². The number of hydrogen-bond acceptors (Lipinski definition) is 2. The van der Waals surface area contributed by atoms with Crippen molar-refractivity contribution in [3.05, 3.63) is 29.3 Å². The zero-order chi connectivity index (χ0) is 9.97. The Balaban J connectivity index is 2.09. The molecule has 1 fully saturated rings. The molecule has 0 bridgehead atoms. The Bertz CT molecular complexity index is 342. The largest absolute Gasteiger partial charge is 0.493 e. The molecule has 1 nitrogen and oxygen atoms in total. The first-order valence-electron chi connectivity index (χ1n) is 4.98. The van der Waals surface area contributed by atoms with E-state index in [2.05, 4.69) is 19.1 Å². The van der Waals surface area contributed by atoms with E-state index in [0.717, 1.165) is 23.8 Å². The maximum atomic E-state index is 5.71. The molecule has 1 saturated carbocycles. The molecule has 0 aliphatic heterocycles. The molecule has 14 heavy (non-hydrogen) atoms. The van der Waals surface area contributed by atoms with Gasteiger partial charge in [-0.25, -0.2) is 0 Å². The predicted molar refractivity (Wildman–Crippen MR) is 62.2 cm³/mol. The molecular formula is C12H14OS. The standard InChI is InChI=1S/C12H14OS/c1-9-2-5-12(11(6-9)8-14)13-7-10-3-4-10/h2,5-6,8,10H,3-4,7H2,1H3. The molecule has 74 valence electrons. The Morgan fingerprint density at radius 2 is 2.29 bits per heavy atom. The molecule has 0 spiro atoms. The lowest BCUT2D eigenvalue weighted by Crippen LogP contribution is -2.01. The van der Waals surface area contributed by atoms with Gasteiger partial charge in [0.25, 0.3) is 0 Å². The van der Waals surface area contributed by atoms with Gasteiger partial charge >= 0.3 is 0 Å². The Kier molecular flexibility index (Phi) is 2.82. The summed E-state index contributed by atoms with van der Waals surface area (Å²) in [5.41, 5.74) is 2.25. The number of rotatable bonds is 4. The lowest BCUT2D eigenvalue weighted by Gasteiger charge is -2.08. The highest BCUT2D eigenvalue weighted by Gasteiger charge is 2.22. The number of aryl methyl sites for hydroxylation is 1. The van der Waals surface area contributed by atoms with Gasteiger partial charge in [0.1, 0.15) is 5.75 Å². The molecule has 1 aliphatic carbocycles. The van der Waals surface area contributed by atoms with Crippen LogP contribution in [-0.2, 0) is 0 Å². The highest BCUT2D eigenvalue weighted by atomic mass is 32.1. The highest BCUT2D eigenvalue weighted by Crippen LogP contribution is 2.30. The van der Waals surface area contributed by atoms with Gasteiger partial charge in [-0.05, 0) is 37.8 Å². The second kappa shape index (κ2) is 4.09. The molecule has 0 aromatic heterocycles. The molecule has 0 unspecified atom stereocenters. The summed E-state index contributed by atoms with van der Waals surface area (Å²) in [5, 5.41) is 1.69. The normalized spacial score (nSPS) is 15.2. The molecule has 2 heteroatoms. The number of thiocarbonyl (C=S) groups is 1. The van der Waals surface area contributed by atoms with Gasteiger partial charge in [-0.2, -0.15) is 0 Å². The maximum absolute atomic E-state index is 5.71. The van der Waals surface area contributed by atoms with Gasteiger partial charge in [0, 0.05) is 10.9 Å². The predicted octanol–water partition coefficient (Wildman–Crippen LogP) is 3.13. The Labute approximate surface area is 90.1 Å². The van der Waals surface area contributed by atoms with Crippen molar-refractivity contribution in [1.82, 2.24) is 0 Å². The minimum absolute atomic E-state index is 0.786. The summed E-state index contributed by atoms with van der Waals surface area (Å²) < 4.78 is 5.71. The number of hydrogen-bond donors (Lipinski definition) is 0. The smallest absolute Gasteiger partial charge is 0.127 e. The van der Waals surface area contributed by atoms with E-state index < -0.39 is 0 Å². The van der Waals surface area contributed by atoms with E-state index in [1.165, 1.54) is 18.4 Å². The Morgan fingerprint density at radius 1 is 1.50 bits per heavy atom. The monoisotopic (exact) mass is 206 g/mol. The van der Waals surface area contributed by atoms with Crippen LogP contribution >= 0.6 is 12.2 Å². The summed E-state index contributed by atoms with van der Waals surface area (Å²) in [6.45, 7) is 2.91. The van der Waals surface area contributed by atoms with Crippen LogP contribution in [0.4, 0.5) is 0 Å². The third-order valence-corrected chi connectivity index (χ3v) is 2.72. The molecule has 0 radical (unpaired) electrons. The molecule has 2 rings (SSSR count). The molecule has 0 N–H and O–H groups in total. The molecular weight excluding hydrogens is 192 g/mol. The van der Waals surface area contributed by atoms with Crippen molar-refractivity contribution >= 4 is 17.6 Å². The topological polar surface area (TPSA) is 9.23 Å². The van der Waals surface area contributed by atoms with Crippen molar-refractivity contribution < 1.29 is 4.74 Å². The van der Waals surface area contributed by atoms with E-state index in [1.54, 1.807) is 5.37 Å². The molecule has 1 aliphatic rings. The van der Waals surface area contributed by atoms with Crippen LogP contribution in [0.15, 0.2) is 18.2 Å². The zero-order valence-electron chi connectivity index (χ0n) is 8.32.